The number of fused-ring (bicyclic) bond motifs is 3. The number of hydrogen-bond donors (Lipinski definition) is 2. The number of esters is 1. The maximum atomic E-state index is 12.6. The first-order chi connectivity index (χ1) is 11.8. The van der Waals surface area contributed by atoms with Crippen molar-refractivity contribution < 1.29 is 19.7 Å². The monoisotopic (exact) mass is 346 g/mol. The van der Waals surface area contributed by atoms with Crippen LogP contribution in [0.4, 0.5) is 0 Å². The second-order valence-corrected chi connectivity index (χ2v) is 8.48. The Kier molecular flexibility index (Phi) is 4.71. The van der Waals surface area contributed by atoms with E-state index < -0.39 is 11.5 Å². The van der Waals surface area contributed by atoms with Crippen molar-refractivity contribution in [1.82, 2.24) is 0 Å². The fourth-order valence-corrected chi connectivity index (χ4v) is 5.52. The van der Waals surface area contributed by atoms with Gasteiger partial charge in [-0.25, -0.2) is 0 Å². The SMILES string of the molecule is COC(=O)[C@]1(C)C[C@H](O)C[C@]2(C)c3ccc([C@H](C)CO)cc3CC[C@@H]12. The topological polar surface area (TPSA) is 66.8 Å². The van der Waals surface area contributed by atoms with Crippen LogP contribution in [0.2, 0.25) is 0 Å². The second kappa shape index (κ2) is 6.40. The highest BCUT2D eigenvalue weighted by atomic mass is 16.5. The Morgan fingerprint density at radius 1 is 1.36 bits per heavy atom. The van der Waals surface area contributed by atoms with Crippen LogP contribution in [-0.2, 0) is 21.4 Å². The number of carbonyl (C=O) groups excluding carboxylic acids is 1. The summed E-state index contributed by atoms with van der Waals surface area (Å²) in [4.78, 5) is 12.6. The summed E-state index contributed by atoms with van der Waals surface area (Å²) in [5.41, 5.74) is 2.78. The van der Waals surface area contributed by atoms with Gasteiger partial charge in [0.25, 0.3) is 0 Å². The average molecular weight is 346 g/mol. The van der Waals surface area contributed by atoms with E-state index in [-0.39, 0.29) is 29.8 Å². The summed E-state index contributed by atoms with van der Waals surface area (Å²) in [7, 11) is 1.44. The van der Waals surface area contributed by atoms with E-state index in [1.165, 1.54) is 18.2 Å². The quantitative estimate of drug-likeness (QED) is 0.826. The molecule has 0 heterocycles. The number of carbonyl (C=O) groups is 1. The lowest BCUT2D eigenvalue weighted by atomic mass is 9.49. The predicted molar refractivity (Wildman–Crippen MR) is 96.5 cm³/mol. The smallest absolute Gasteiger partial charge is 0.311 e. The zero-order valence-electron chi connectivity index (χ0n) is 15.7. The third kappa shape index (κ3) is 2.80. The third-order valence-corrected chi connectivity index (χ3v) is 6.80. The van der Waals surface area contributed by atoms with Gasteiger partial charge in [-0.3, -0.25) is 4.79 Å². The fourth-order valence-electron chi connectivity index (χ4n) is 5.52. The average Bonchev–Trinajstić information content (AvgIpc) is 2.58. The van der Waals surface area contributed by atoms with E-state index in [2.05, 4.69) is 25.1 Å². The molecule has 0 radical (unpaired) electrons. The Bertz CT molecular complexity index is 670. The number of rotatable bonds is 3. The second-order valence-electron chi connectivity index (χ2n) is 8.48. The summed E-state index contributed by atoms with van der Waals surface area (Å²) in [6.07, 6.45) is 2.47. The minimum atomic E-state index is -0.657. The van der Waals surface area contributed by atoms with E-state index in [9.17, 15) is 15.0 Å². The molecule has 2 aliphatic carbocycles. The summed E-state index contributed by atoms with van der Waals surface area (Å²) >= 11 is 0. The third-order valence-electron chi connectivity index (χ3n) is 6.80. The minimum absolute atomic E-state index is 0.119. The molecule has 1 fully saturated rings. The first kappa shape index (κ1) is 18.4. The van der Waals surface area contributed by atoms with Crippen molar-refractivity contribution in [3.63, 3.8) is 0 Å². The maximum absolute atomic E-state index is 12.6. The first-order valence-corrected chi connectivity index (χ1v) is 9.27. The van der Waals surface area contributed by atoms with Crippen LogP contribution in [0.15, 0.2) is 18.2 Å². The molecule has 0 spiro atoms. The zero-order chi connectivity index (χ0) is 18.4. The summed E-state index contributed by atoms with van der Waals surface area (Å²) in [5, 5.41) is 20.0. The van der Waals surface area contributed by atoms with E-state index >= 15 is 0 Å². The number of methoxy groups -OCH3 is 1. The predicted octanol–water partition coefficient (Wildman–Crippen LogP) is 2.94. The van der Waals surface area contributed by atoms with Gasteiger partial charge in [0.2, 0.25) is 0 Å². The fraction of sp³-hybridized carbons (Fsp3) is 0.667. The molecule has 0 amide bonds. The highest BCUT2D eigenvalue weighted by molar-refractivity contribution is 5.77. The number of benzene rings is 1. The Morgan fingerprint density at radius 2 is 2.08 bits per heavy atom. The van der Waals surface area contributed by atoms with Gasteiger partial charge in [0.15, 0.2) is 0 Å². The van der Waals surface area contributed by atoms with Gasteiger partial charge in [0.05, 0.1) is 18.6 Å². The van der Waals surface area contributed by atoms with Gasteiger partial charge in [-0.2, -0.15) is 0 Å². The summed E-state index contributed by atoms with van der Waals surface area (Å²) < 4.78 is 5.11. The van der Waals surface area contributed by atoms with Crippen LogP contribution < -0.4 is 0 Å². The van der Waals surface area contributed by atoms with Gasteiger partial charge in [-0.05, 0) is 60.6 Å². The van der Waals surface area contributed by atoms with E-state index in [4.69, 9.17) is 4.74 Å². The number of aryl methyl sites for hydroxylation is 1. The Morgan fingerprint density at radius 3 is 2.72 bits per heavy atom. The normalized spacial score (nSPS) is 35.4. The lowest BCUT2D eigenvalue weighted by Crippen LogP contribution is -2.56. The summed E-state index contributed by atoms with van der Waals surface area (Å²) in [6, 6.07) is 6.44. The van der Waals surface area contributed by atoms with E-state index in [1.54, 1.807) is 0 Å². The van der Waals surface area contributed by atoms with Crippen LogP contribution in [0, 0.1) is 11.3 Å². The van der Waals surface area contributed by atoms with Crippen molar-refractivity contribution in [2.45, 2.75) is 63.9 Å². The lowest BCUT2D eigenvalue weighted by molar-refractivity contribution is -0.166. The molecular formula is C21H30O4. The molecule has 1 aromatic rings. The molecule has 4 heteroatoms. The largest absolute Gasteiger partial charge is 0.469 e. The zero-order valence-corrected chi connectivity index (χ0v) is 15.7. The number of aliphatic hydroxyl groups is 2. The minimum Gasteiger partial charge on any atom is -0.469 e. The number of ether oxygens (including phenoxy) is 1. The first-order valence-electron chi connectivity index (χ1n) is 9.27. The lowest BCUT2D eigenvalue weighted by Gasteiger charge is -2.55. The summed E-state index contributed by atoms with van der Waals surface area (Å²) in [5.74, 6) is 0.0639. The van der Waals surface area contributed by atoms with Gasteiger partial charge in [0, 0.05) is 12.5 Å². The number of hydrogen-bond acceptors (Lipinski definition) is 4. The van der Waals surface area contributed by atoms with Crippen molar-refractivity contribution >= 4 is 5.97 Å². The molecule has 0 bridgehead atoms. The van der Waals surface area contributed by atoms with Crippen LogP contribution in [-0.4, -0.2) is 36.0 Å². The summed E-state index contributed by atoms with van der Waals surface area (Å²) in [6.45, 7) is 6.30. The van der Waals surface area contributed by atoms with Crippen molar-refractivity contribution in [1.29, 1.82) is 0 Å². The van der Waals surface area contributed by atoms with Gasteiger partial charge < -0.3 is 14.9 Å². The molecule has 0 saturated heterocycles. The van der Waals surface area contributed by atoms with Crippen LogP contribution in [0.3, 0.4) is 0 Å². The Balaban J connectivity index is 2.07. The molecule has 1 aromatic carbocycles. The highest BCUT2D eigenvalue weighted by Crippen LogP contribution is 2.57. The van der Waals surface area contributed by atoms with Crippen LogP contribution in [0.5, 0.6) is 0 Å². The van der Waals surface area contributed by atoms with E-state index in [0.717, 1.165) is 18.4 Å². The van der Waals surface area contributed by atoms with Crippen LogP contribution in [0.25, 0.3) is 0 Å². The Labute approximate surface area is 150 Å². The molecule has 138 valence electrons. The van der Waals surface area contributed by atoms with Gasteiger partial charge in [0.1, 0.15) is 0 Å². The van der Waals surface area contributed by atoms with Crippen molar-refractivity contribution in [3.8, 4) is 0 Å². The molecule has 2 aliphatic rings. The van der Waals surface area contributed by atoms with Crippen molar-refractivity contribution in [2.24, 2.45) is 11.3 Å². The molecular weight excluding hydrogens is 316 g/mol. The molecule has 25 heavy (non-hydrogen) atoms. The van der Waals surface area contributed by atoms with Crippen molar-refractivity contribution in [2.75, 3.05) is 13.7 Å². The maximum Gasteiger partial charge on any atom is 0.311 e. The van der Waals surface area contributed by atoms with Crippen molar-refractivity contribution in [3.05, 3.63) is 34.9 Å². The molecule has 2 N–H and O–H groups in total. The van der Waals surface area contributed by atoms with E-state index in [1.807, 2.05) is 13.8 Å². The standard InChI is InChI=1S/C21H30O4/c1-13(12-22)14-5-7-17-15(9-14)6-8-18-20(17,2)10-16(23)11-21(18,3)19(24)25-4/h5,7,9,13,16,18,22-23H,6,8,10-12H2,1-4H3/t13-,16-,18-,20-,21-/m1/s1. The molecule has 1 saturated carbocycles. The number of aliphatic hydroxyl groups excluding tert-OH is 2. The molecule has 3 rings (SSSR count). The molecule has 4 nitrogen and oxygen atoms in total. The van der Waals surface area contributed by atoms with Gasteiger partial charge in [-0.1, -0.05) is 32.0 Å². The molecule has 0 aliphatic heterocycles. The van der Waals surface area contributed by atoms with Crippen LogP contribution >= 0.6 is 0 Å². The van der Waals surface area contributed by atoms with Gasteiger partial charge >= 0.3 is 5.97 Å². The van der Waals surface area contributed by atoms with E-state index in [0.29, 0.717) is 12.8 Å². The molecule has 5 atom stereocenters. The van der Waals surface area contributed by atoms with Gasteiger partial charge in [-0.15, -0.1) is 0 Å². The highest BCUT2D eigenvalue weighted by Gasteiger charge is 2.57. The van der Waals surface area contributed by atoms with Crippen LogP contribution in [0.1, 0.15) is 62.6 Å². The molecule has 0 unspecified atom stereocenters. The Hall–Kier alpha value is -1.39. The molecule has 0 aromatic heterocycles.